The monoisotopic (exact) mass is 426 g/mol. The van der Waals surface area contributed by atoms with Gasteiger partial charge in [0.25, 0.3) is 0 Å². The Morgan fingerprint density at radius 1 is 0.846 bits per heavy atom. The summed E-state index contributed by atoms with van der Waals surface area (Å²) < 4.78 is 56.7. The Morgan fingerprint density at radius 3 is 0.923 bits per heavy atom. The first-order chi connectivity index (χ1) is 5.12. The summed E-state index contributed by atoms with van der Waals surface area (Å²) in [6.45, 7) is 2.62. The first kappa shape index (κ1) is 19.3. The van der Waals surface area contributed by atoms with Gasteiger partial charge in [0.15, 0.2) is 0 Å². The Hall–Kier alpha value is 0.742. The molecule has 0 unspecified atom stereocenters. The van der Waals surface area contributed by atoms with Crippen molar-refractivity contribution in [3.8, 4) is 0 Å². The number of rotatable bonds is 2. The van der Waals surface area contributed by atoms with Crippen LogP contribution >= 0.6 is 0 Å². The van der Waals surface area contributed by atoms with E-state index >= 15 is 0 Å². The van der Waals surface area contributed by atoms with Crippen LogP contribution in [0.4, 0.5) is 0 Å². The molecule has 0 saturated carbocycles. The molecule has 78 valence electrons. The molecule has 0 amide bonds. The summed E-state index contributed by atoms with van der Waals surface area (Å²) in [6.07, 6.45) is 0. The molecule has 0 rings (SSSR count). The van der Waals surface area contributed by atoms with E-state index in [1.54, 1.807) is 0 Å². The fraction of sp³-hybridized carbons (Fsp3) is 1.00. The average Bonchev–Trinajstić information content (AvgIpc) is 1.86. The van der Waals surface area contributed by atoms with Gasteiger partial charge in [-0.3, -0.25) is 0 Å². The Labute approximate surface area is 98.4 Å². The van der Waals surface area contributed by atoms with Crippen molar-refractivity contribution >= 4 is 47.5 Å². The SMILES string of the molecule is CCS(=O)(=O)[O-].CCS(=O)(=O)[O-].[Pb+2]. The van der Waals surface area contributed by atoms with Gasteiger partial charge in [-0.05, 0) is 0 Å². The van der Waals surface area contributed by atoms with Crippen LogP contribution in [0.5, 0.6) is 0 Å². The van der Waals surface area contributed by atoms with Gasteiger partial charge in [-0.2, -0.15) is 0 Å². The molecule has 0 aliphatic heterocycles. The van der Waals surface area contributed by atoms with Crippen LogP contribution in [0.15, 0.2) is 0 Å². The topological polar surface area (TPSA) is 114 Å². The number of hydrogen-bond donors (Lipinski definition) is 0. The van der Waals surface area contributed by atoms with Crippen LogP contribution < -0.4 is 0 Å². The summed E-state index contributed by atoms with van der Waals surface area (Å²) in [5.74, 6) is -0.625. The molecule has 6 nitrogen and oxygen atoms in total. The van der Waals surface area contributed by atoms with Crippen LogP contribution in [0.3, 0.4) is 0 Å². The minimum absolute atomic E-state index is 0. The van der Waals surface area contributed by atoms with Gasteiger partial charge in [-0.1, -0.05) is 13.8 Å². The maximum Gasteiger partial charge on any atom is 2.00 e. The maximum atomic E-state index is 9.44. The fourth-order valence-electron chi connectivity index (χ4n) is 0. The maximum absolute atomic E-state index is 9.44. The zero-order valence-corrected chi connectivity index (χ0v) is 12.7. The van der Waals surface area contributed by atoms with Crippen LogP contribution in [0.25, 0.3) is 0 Å². The van der Waals surface area contributed by atoms with Gasteiger partial charge in [0.05, 0.1) is 20.2 Å². The molecule has 0 aromatic rings. The molecule has 0 saturated heterocycles. The number of hydrogen-bond acceptors (Lipinski definition) is 6. The predicted octanol–water partition coefficient (Wildman–Crippen LogP) is -1.28. The molecule has 2 radical (unpaired) electrons. The third kappa shape index (κ3) is 32.3. The van der Waals surface area contributed by atoms with Crippen LogP contribution in [-0.4, -0.2) is 64.7 Å². The zero-order valence-electron chi connectivity index (χ0n) is 7.18. The second-order valence-corrected chi connectivity index (χ2v) is 5.08. The van der Waals surface area contributed by atoms with Gasteiger partial charge in [-0.15, -0.1) is 0 Å². The third-order valence-corrected chi connectivity index (χ3v) is 2.12. The van der Waals surface area contributed by atoms with Crippen molar-refractivity contribution in [2.45, 2.75) is 13.8 Å². The first-order valence-electron chi connectivity index (χ1n) is 2.99. The van der Waals surface area contributed by atoms with Crippen LogP contribution in [-0.2, 0) is 20.2 Å². The first-order valence-corrected chi connectivity index (χ1v) is 6.15. The minimum Gasteiger partial charge on any atom is -0.748 e. The zero-order chi connectivity index (χ0) is 10.4. The quantitative estimate of drug-likeness (QED) is 0.402. The Balaban J connectivity index is -0.000000143. The molecule has 0 aliphatic rings. The summed E-state index contributed by atoms with van der Waals surface area (Å²) in [7, 11) is -7.82. The predicted molar refractivity (Wildman–Crippen MR) is 46.2 cm³/mol. The Bertz CT molecular complexity index is 259. The van der Waals surface area contributed by atoms with Crippen LogP contribution in [0.1, 0.15) is 13.8 Å². The molecular formula is C4H10O6PbS2. The van der Waals surface area contributed by atoms with Gasteiger partial charge in [0.1, 0.15) is 0 Å². The summed E-state index contributed by atoms with van der Waals surface area (Å²) in [6, 6.07) is 0. The molecule has 0 fully saturated rings. The molecule has 9 heteroatoms. The average molecular weight is 425 g/mol. The molecule has 0 N–H and O–H groups in total. The van der Waals surface area contributed by atoms with Crippen molar-refractivity contribution < 1.29 is 25.9 Å². The van der Waals surface area contributed by atoms with Crippen molar-refractivity contribution in [1.82, 2.24) is 0 Å². The van der Waals surface area contributed by atoms with Crippen LogP contribution in [0, 0.1) is 0 Å². The van der Waals surface area contributed by atoms with Gasteiger partial charge in [0, 0.05) is 11.5 Å². The van der Waals surface area contributed by atoms with E-state index in [-0.39, 0.29) is 38.8 Å². The summed E-state index contributed by atoms with van der Waals surface area (Å²) in [4.78, 5) is 0. The van der Waals surface area contributed by atoms with E-state index in [0.717, 1.165) is 0 Å². The fourth-order valence-corrected chi connectivity index (χ4v) is 0. The molecular weight excluding hydrogens is 415 g/mol. The van der Waals surface area contributed by atoms with E-state index < -0.39 is 20.2 Å². The van der Waals surface area contributed by atoms with Crippen molar-refractivity contribution in [3.63, 3.8) is 0 Å². The van der Waals surface area contributed by atoms with E-state index in [9.17, 15) is 25.9 Å². The normalized spacial score (nSPS) is 10.8. The Kier molecular flexibility index (Phi) is 12.0. The summed E-state index contributed by atoms with van der Waals surface area (Å²) in [5.41, 5.74) is 0. The van der Waals surface area contributed by atoms with Crippen molar-refractivity contribution in [2.75, 3.05) is 11.5 Å². The summed E-state index contributed by atoms with van der Waals surface area (Å²) in [5, 5.41) is 0. The van der Waals surface area contributed by atoms with Crippen molar-refractivity contribution in [1.29, 1.82) is 0 Å². The van der Waals surface area contributed by atoms with E-state index in [1.807, 2.05) is 0 Å². The van der Waals surface area contributed by atoms with Crippen molar-refractivity contribution in [3.05, 3.63) is 0 Å². The molecule has 0 atom stereocenters. The second-order valence-electron chi connectivity index (χ2n) is 1.69. The smallest absolute Gasteiger partial charge is 0.748 e. The molecule has 13 heavy (non-hydrogen) atoms. The molecule has 0 bridgehead atoms. The minimum atomic E-state index is -3.91. The molecule has 0 aromatic carbocycles. The van der Waals surface area contributed by atoms with Crippen molar-refractivity contribution in [2.24, 2.45) is 0 Å². The molecule has 0 aliphatic carbocycles. The third-order valence-electron chi connectivity index (χ3n) is 0.707. The van der Waals surface area contributed by atoms with Gasteiger partial charge in [-0.25, -0.2) is 16.8 Å². The second kappa shape index (κ2) is 8.08. The van der Waals surface area contributed by atoms with Gasteiger partial charge >= 0.3 is 27.3 Å². The molecule has 0 heterocycles. The largest absolute Gasteiger partial charge is 2.00 e. The van der Waals surface area contributed by atoms with E-state index in [1.165, 1.54) is 13.8 Å². The molecule has 0 spiro atoms. The van der Waals surface area contributed by atoms with Gasteiger partial charge in [0.2, 0.25) is 0 Å². The Morgan fingerprint density at radius 2 is 0.923 bits per heavy atom. The van der Waals surface area contributed by atoms with E-state index in [4.69, 9.17) is 0 Å². The van der Waals surface area contributed by atoms with E-state index in [0.29, 0.717) is 0 Å². The van der Waals surface area contributed by atoms with Crippen LogP contribution in [0.2, 0.25) is 0 Å². The van der Waals surface area contributed by atoms with E-state index in [2.05, 4.69) is 0 Å². The molecule has 0 aromatic heterocycles. The summed E-state index contributed by atoms with van der Waals surface area (Å²) >= 11 is 0. The standard InChI is InChI=1S/2C2H6O3S.Pb/c2*1-2-6(3,4)5;/h2*2H2,1H3,(H,3,4,5);/q;;+2/p-2. The van der Waals surface area contributed by atoms with Gasteiger partial charge < -0.3 is 9.11 Å².